The number of aliphatic carboxylic acids is 1. The summed E-state index contributed by atoms with van der Waals surface area (Å²) in [5.41, 5.74) is -2.02. The molecule has 1 rings (SSSR count). The van der Waals surface area contributed by atoms with Crippen LogP contribution in [0.15, 0.2) is 15.7 Å². The van der Waals surface area contributed by atoms with Crippen LogP contribution < -0.4 is 11.2 Å². The first-order valence-corrected chi connectivity index (χ1v) is 4.98. The number of carboxylic acid groups (broad SMARTS) is 1. The van der Waals surface area contributed by atoms with E-state index in [1.54, 1.807) is 0 Å². The molecular formula is C7H5Cl3N2O4. The maximum absolute atomic E-state index is 11.3. The highest BCUT2D eigenvalue weighted by molar-refractivity contribution is 6.66. The van der Waals surface area contributed by atoms with Crippen LogP contribution in [0.25, 0.3) is 0 Å². The van der Waals surface area contributed by atoms with Crippen LogP contribution in [0.4, 0.5) is 0 Å². The molecule has 0 bridgehead atoms. The molecule has 88 valence electrons. The topological polar surface area (TPSA) is 92.2 Å². The third-order valence-corrected chi connectivity index (χ3v) is 2.20. The fourth-order valence-electron chi connectivity index (χ4n) is 1.05. The molecule has 0 saturated carbocycles. The molecule has 16 heavy (non-hydrogen) atoms. The maximum Gasteiger partial charge on any atom is 0.329 e. The van der Waals surface area contributed by atoms with Crippen LogP contribution in [0, 0.1) is 0 Å². The van der Waals surface area contributed by atoms with Gasteiger partial charge in [-0.1, -0.05) is 34.8 Å². The Morgan fingerprint density at radius 1 is 1.44 bits per heavy atom. The Hall–Kier alpha value is -0.980. The molecule has 0 saturated heterocycles. The highest BCUT2D eigenvalue weighted by Gasteiger charge is 2.28. The van der Waals surface area contributed by atoms with E-state index in [1.807, 2.05) is 4.98 Å². The first-order chi connectivity index (χ1) is 7.21. The number of H-pyrrole nitrogens is 1. The number of carboxylic acids is 1. The Morgan fingerprint density at radius 3 is 2.44 bits per heavy atom. The van der Waals surface area contributed by atoms with Gasteiger partial charge in [0.1, 0.15) is 6.54 Å². The monoisotopic (exact) mass is 286 g/mol. The van der Waals surface area contributed by atoms with Gasteiger partial charge in [0.15, 0.2) is 0 Å². The summed E-state index contributed by atoms with van der Waals surface area (Å²) in [4.78, 5) is 34.7. The van der Waals surface area contributed by atoms with Crippen molar-refractivity contribution in [2.45, 2.75) is 10.3 Å². The van der Waals surface area contributed by atoms with Gasteiger partial charge in [-0.15, -0.1) is 0 Å². The Bertz CT molecular complexity index is 528. The fourth-order valence-corrected chi connectivity index (χ4v) is 1.52. The zero-order valence-corrected chi connectivity index (χ0v) is 9.81. The normalized spacial score (nSPS) is 11.4. The zero-order valence-electron chi connectivity index (χ0n) is 7.54. The van der Waals surface area contributed by atoms with Gasteiger partial charge in [-0.25, -0.2) is 4.79 Å². The largest absolute Gasteiger partial charge is 0.480 e. The Labute approximate surface area is 103 Å². The highest BCUT2D eigenvalue weighted by Crippen LogP contribution is 2.36. The van der Waals surface area contributed by atoms with Crippen molar-refractivity contribution >= 4 is 40.8 Å². The average molecular weight is 287 g/mol. The van der Waals surface area contributed by atoms with Crippen molar-refractivity contribution in [1.82, 2.24) is 9.55 Å². The van der Waals surface area contributed by atoms with Gasteiger partial charge in [-0.05, 0) is 0 Å². The van der Waals surface area contributed by atoms with Crippen LogP contribution in [0.1, 0.15) is 5.69 Å². The standard InChI is InChI=1S/C7H5Cl3N2O4/c8-7(9,10)3-1-4(13)11-6(16)12(3)2-5(14)15/h1H,2H2,(H,14,15)(H,11,13,16). The van der Waals surface area contributed by atoms with Crippen molar-refractivity contribution in [1.29, 1.82) is 0 Å². The van der Waals surface area contributed by atoms with Crippen LogP contribution in [0.2, 0.25) is 0 Å². The lowest BCUT2D eigenvalue weighted by Crippen LogP contribution is -2.36. The molecule has 9 heteroatoms. The molecule has 0 spiro atoms. The summed E-state index contributed by atoms with van der Waals surface area (Å²) in [6.45, 7) is -0.709. The quantitative estimate of drug-likeness (QED) is 0.772. The van der Waals surface area contributed by atoms with Crippen molar-refractivity contribution in [3.8, 4) is 0 Å². The first kappa shape index (κ1) is 13.1. The summed E-state index contributed by atoms with van der Waals surface area (Å²) < 4.78 is -1.39. The summed E-state index contributed by atoms with van der Waals surface area (Å²) in [6, 6.07) is 0.858. The minimum Gasteiger partial charge on any atom is -0.480 e. The average Bonchev–Trinajstić information content (AvgIpc) is 2.06. The molecular weight excluding hydrogens is 282 g/mol. The van der Waals surface area contributed by atoms with Gasteiger partial charge >= 0.3 is 11.7 Å². The number of hydrogen-bond acceptors (Lipinski definition) is 3. The minimum atomic E-state index is -2.05. The van der Waals surface area contributed by atoms with Crippen LogP contribution in [-0.4, -0.2) is 20.6 Å². The van der Waals surface area contributed by atoms with Gasteiger partial charge in [0.25, 0.3) is 5.56 Å². The van der Waals surface area contributed by atoms with E-state index in [-0.39, 0.29) is 5.69 Å². The SMILES string of the molecule is O=C(O)Cn1c(C(Cl)(Cl)Cl)cc(=O)[nH]c1=O. The number of nitrogens with one attached hydrogen (secondary N) is 1. The van der Waals surface area contributed by atoms with Crippen molar-refractivity contribution in [2.24, 2.45) is 0 Å². The molecule has 0 aliphatic rings. The Kier molecular flexibility index (Phi) is 3.67. The highest BCUT2D eigenvalue weighted by atomic mass is 35.6. The number of nitrogens with zero attached hydrogens (tertiary/aromatic N) is 1. The summed E-state index contributed by atoms with van der Waals surface area (Å²) in [6.07, 6.45) is 0. The second-order valence-corrected chi connectivity index (χ2v) is 5.08. The lowest BCUT2D eigenvalue weighted by Gasteiger charge is -2.15. The van der Waals surface area contributed by atoms with Crippen LogP contribution in [0.5, 0.6) is 0 Å². The lowest BCUT2D eigenvalue weighted by atomic mass is 10.4. The van der Waals surface area contributed by atoms with E-state index in [1.165, 1.54) is 0 Å². The molecule has 0 aliphatic heterocycles. The third kappa shape index (κ3) is 3.01. The van der Waals surface area contributed by atoms with Crippen LogP contribution in [0.3, 0.4) is 0 Å². The van der Waals surface area contributed by atoms with E-state index in [2.05, 4.69) is 0 Å². The Morgan fingerprint density at radius 2 is 2.00 bits per heavy atom. The van der Waals surface area contributed by atoms with Gasteiger partial charge in [-0.3, -0.25) is 19.1 Å². The molecule has 1 heterocycles. The number of alkyl halides is 3. The second kappa shape index (κ2) is 4.48. The van der Waals surface area contributed by atoms with Gasteiger partial charge in [0.05, 0.1) is 5.69 Å². The van der Waals surface area contributed by atoms with Crippen LogP contribution >= 0.6 is 34.8 Å². The van der Waals surface area contributed by atoms with Gasteiger partial charge < -0.3 is 5.11 Å². The van der Waals surface area contributed by atoms with Crippen LogP contribution in [-0.2, 0) is 15.1 Å². The predicted molar refractivity (Wildman–Crippen MR) is 58.2 cm³/mol. The molecule has 6 nitrogen and oxygen atoms in total. The number of aromatic nitrogens is 2. The smallest absolute Gasteiger partial charge is 0.329 e. The van der Waals surface area contributed by atoms with Gasteiger partial charge in [-0.2, -0.15) is 0 Å². The molecule has 1 aromatic rings. The number of halogens is 3. The first-order valence-electron chi connectivity index (χ1n) is 3.85. The van der Waals surface area contributed by atoms with Crippen molar-refractivity contribution in [3.63, 3.8) is 0 Å². The molecule has 0 fully saturated rings. The van der Waals surface area contributed by atoms with E-state index in [0.29, 0.717) is 4.57 Å². The molecule has 0 radical (unpaired) electrons. The molecule has 0 aromatic carbocycles. The minimum absolute atomic E-state index is 0.298. The van der Waals surface area contributed by atoms with E-state index >= 15 is 0 Å². The number of hydrogen-bond donors (Lipinski definition) is 2. The number of rotatable bonds is 2. The van der Waals surface area contributed by atoms with E-state index in [4.69, 9.17) is 39.9 Å². The van der Waals surface area contributed by atoms with E-state index in [0.717, 1.165) is 6.07 Å². The van der Waals surface area contributed by atoms with E-state index in [9.17, 15) is 14.4 Å². The molecule has 0 aliphatic carbocycles. The number of aromatic amines is 1. The lowest BCUT2D eigenvalue weighted by molar-refractivity contribution is -0.137. The summed E-state index contributed by atoms with van der Waals surface area (Å²) in [5.74, 6) is -1.30. The zero-order chi connectivity index (χ0) is 12.5. The summed E-state index contributed by atoms with van der Waals surface area (Å²) in [7, 11) is 0. The molecule has 0 unspecified atom stereocenters. The molecule has 0 amide bonds. The van der Waals surface area contributed by atoms with Crippen molar-refractivity contribution < 1.29 is 9.90 Å². The molecule has 0 atom stereocenters. The number of carbonyl (C=O) groups is 1. The Balaban J connectivity index is 3.51. The van der Waals surface area contributed by atoms with Gasteiger partial charge in [0.2, 0.25) is 3.79 Å². The molecule has 2 N–H and O–H groups in total. The fraction of sp³-hybridized carbons (Fsp3) is 0.286. The summed E-state index contributed by atoms with van der Waals surface area (Å²) in [5, 5.41) is 8.57. The van der Waals surface area contributed by atoms with E-state index < -0.39 is 27.6 Å². The molecule has 1 aromatic heterocycles. The van der Waals surface area contributed by atoms with Crippen molar-refractivity contribution in [2.75, 3.05) is 0 Å². The summed E-state index contributed by atoms with van der Waals surface area (Å²) >= 11 is 16.5. The van der Waals surface area contributed by atoms with Gasteiger partial charge in [0, 0.05) is 6.07 Å². The van der Waals surface area contributed by atoms with Crippen molar-refractivity contribution in [3.05, 3.63) is 32.6 Å². The maximum atomic E-state index is 11.3. The third-order valence-electron chi connectivity index (χ3n) is 1.62. The predicted octanol–water partition coefficient (Wildman–Crippen LogP) is 0.448. The second-order valence-electron chi connectivity index (χ2n) is 2.80.